The number of nitrogens with zero attached hydrogens (tertiary/aromatic N) is 1. The van der Waals surface area contributed by atoms with Crippen LogP contribution in [0.4, 0.5) is 4.39 Å². The Labute approximate surface area is 124 Å². The molecule has 20 heavy (non-hydrogen) atoms. The van der Waals surface area contributed by atoms with E-state index in [-0.39, 0.29) is 5.82 Å². The van der Waals surface area contributed by atoms with E-state index in [1.54, 1.807) is 18.3 Å². The second-order valence-corrected chi connectivity index (χ2v) is 5.67. The van der Waals surface area contributed by atoms with Crippen molar-refractivity contribution in [1.82, 2.24) is 10.7 Å². The third-order valence-corrected chi connectivity index (χ3v) is 3.89. The fraction of sp³-hybridized carbons (Fsp3) is 0.467. The van der Waals surface area contributed by atoms with Crippen molar-refractivity contribution in [2.24, 2.45) is 11.0 Å². The van der Waals surface area contributed by atoms with Crippen molar-refractivity contribution in [3.05, 3.63) is 35.6 Å². The first-order chi connectivity index (χ1) is 9.65. The summed E-state index contributed by atoms with van der Waals surface area (Å²) in [5.41, 5.74) is 3.64. The maximum absolute atomic E-state index is 12.7. The highest BCUT2D eigenvalue weighted by Crippen LogP contribution is 2.23. The van der Waals surface area contributed by atoms with Crippen LogP contribution in [-0.2, 0) is 0 Å². The topological polar surface area (TPSA) is 36.4 Å². The summed E-state index contributed by atoms with van der Waals surface area (Å²) in [5.74, 6) is 0.392. The van der Waals surface area contributed by atoms with Gasteiger partial charge in [-0.25, -0.2) is 4.39 Å². The average molecular weight is 293 g/mol. The molecule has 1 aliphatic carbocycles. The lowest BCUT2D eigenvalue weighted by molar-refractivity contribution is 0.308. The molecule has 0 amide bonds. The SMILES string of the molecule is C[C@H]1CCCC[C@@H]1NC(=S)N/N=C\c1ccc(F)cc1. The molecular weight excluding hydrogens is 273 g/mol. The minimum Gasteiger partial charge on any atom is -0.358 e. The van der Waals surface area contributed by atoms with Crippen LogP contribution < -0.4 is 10.7 Å². The molecule has 1 aromatic rings. The summed E-state index contributed by atoms with van der Waals surface area (Å²) in [6.45, 7) is 2.25. The summed E-state index contributed by atoms with van der Waals surface area (Å²) in [5, 5.41) is 7.91. The minimum atomic E-state index is -0.251. The van der Waals surface area contributed by atoms with Gasteiger partial charge in [0, 0.05) is 6.04 Å². The Bertz CT molecular complexity index is 473. The third-order valence-electron chi connectivity index (χ3n) is 3.68. The molecule has 1 aliphatic rings. The summed E-state index contributed by atoms with van der Waals surface area (Å²) in [4.78, 5) is 0. The number of hydrogen-bond donors (Lipinski definition) is 2. The smallest absolute Gasteiger partial charge is 0.187 e. The Morgan fingerprint density at radius 2 is 2.00 bits per heavy atom. The molecule has 0 radical (unpaired) electrons. The van der Waals surface area contributed by atoms with Crippen LogP contribution in [0.1, 0.15) is 38.2 Å². The molecule has 0 aliphatic heterocycles. The fourth-order valence-corrected chi connectivity index (χ4v) is 2.65. The van der Waals surface area contributed by atoms with Gasteiger partial charge in [-0.05, 0) is 48.7 Å². The van der Waals surface area contributed by atoms with Crippen molar-refractivity contribution in [1.29, 1.82) is 0 Å². The Morgan fingerprint density at radius 3 is 2.70 bits per heavy atom. The van der Waals surface area contributed by atoms with Gasteiger partial charge in [0.1, 0.15) is 5.82 Å². The standard InChI is InChI=1S/C15H20FN3S/c1-11-4-2-3-5-14(11)18-15(20)19-17-10-12-6-8-13(16)9-7-12/h6-11,14H,2-5H2,1H3,(H2,18,19,20)/b17-10-/t11-,14-/m0/s1. The molecule has 2 N–H and O–H groups in total. The monoisotopic (exact) mass is 293 g/mol. The molecule has 0 saturated heterocycles. The van der Waals surface area contributed by atoms with E-state index >= 15 is 0 Å². The molecule has 0 unspecified atom stereocenters. The van der Waals surface area contributed by atoms with Crippen LogP contribution in [0.3, 0.4) is 0 Å². The third kappa shape index (κ3) is 4.56. The molecule has 5 heteroatoms. The van der Waals surface area contributed by atoms with E-state index in [2.05, 4.69) is 22.8 Å². The summed E-state index contributed by atoms with van der Waals surface area (Å²) >= 11 is 5.23. The van der Waals surface area contributed by atoms with Gasteiger partial charge in [0.15, 0.2) is 5.11 Å². The number of halogens is 1. The molecule has 1 fully saturated rings. The maximum Gasteiger partial charge on any atom is 0.187 e. The summed E-state index contributed by atoms with van der Waals surface area (Å²) in [6, 6.07) is 6.58. The molecule has 1 aromatic carbocycles. The van der Waals surface area contributed by atoms with E-state index in [1.165, 1.54) is 31.4 Å². The van der Waals surface area contributed by atoms with Gasteiger partial charge in [0.05, 0.1) is 6.21 Å². The van der Waals surface area contributed by atoms with Crippen molar-refractivity contribution in [2.75, 3.05) is 0 Å². The zero-order chi connectivity index (χ0) is 14.4. The minimum absolute atomic E-state index is 0.251. The van der Waals surface area contributed by atoms with E-state index < -0.39 is 0 Å². The number of benzene rings is 1. The average Bonchev–Trinajstić information content (AvgIpc) is 2.44. The van der Waals surface area contributed by atoms with Crippen LogP contribution in [0, 0.1) is 11.7 Å². The van der Waals surface area contributed by atoms with Crippen molar-refractivity contribution in [3.8, 4) is 0 Å². The van der Waals surface area contributed by atoms with Crippen molar-refractivity contribution in [3.63, 3.8) is 0 Å². The second kappa shape index (κ2) is 7.33. The highest BCUT2D eigenvalue weighted by atomic mass is 32.1. The van der Waals surface area contributed by atoms with Gasteiger partial charge in [-0.15, -0.1) is 0 Å². The van der Waals surface area contributed by atoms with Crippen molar-refractivity contribution < 1.29 is 4.39 Å². The molecule has 0 bridgehead atoms. The first-order valence-corrected chi connectivity index (χ1v) is 7.41. The maximum atomic E-state index is 12.7. The largest absolute Gasteiger partial charge is 0.358 e. The van der Waals surface area contributed by atoms with Gasteiger partial charge in [-0.2, -0.15) is 5.10 Å². The predicted octanol–water partition coefficient (Wildman–Crippen LogP) is 3.20. The van der Waals surface area contributed by atoms with E-state index in [0.29, 0.717) is 17.1 Å². The molecular formula is C15H20FN3S. The van der Waals surface area contributed by atoms with Crippen LogP contribution in [0.2, 0.25) is 0 Å². The Balaban J connectivity index is 1.78. The lowest BCUT2D eigenvalue weighted by atomic mass is 9.86. The number of thiocarbonyl (C=S) groups is 1. The molecule has 0 spiro atoms. The zero-order valence-electron chi connectivity index (χ0n) is 11.6. The second-order valence-electron chi connectivity index (χ2n) is 5.26. The van der Waals surface area contributed by atoms with E-state index in [1.807, 2.05) is 0 Å². The van der Waals surface area contributed by atoms with Gasteiger partial charge in [0.2, 0.25) is 0 Å². The quantitative estimate of drug-likeness (QED) is 0.510. The lowest BCUT2D eigenvalue weighted by Crippen LogP contribution is -2.44. The van der Waals surface area contributed by atoms with Crippen LogP contribution in [-0.4, -0.2) is 17.4 Å². The Morgan fingerprint density at radius 1 is 1.30 bits per heavy atom. The Hall–Kier alpha value is -1.49. The molecule has 2 rings (SSSR count). The Kier molecular flexibility index (Phi) is 5.47. The molecule has 2 atom stereocenters. The molecule has 1 saturated carbocycles. The first-order valence-electron chi connectivity index (χ1n) is 7.00. The van der Waals surface area contributed by atoms with E-state index in [4.69, 9.17) is 12.2 Å². The lowest BCUT2D eigenvalue weighted by Gasteiger charge is -2.30. The normalized spacial score (nSPS) is 22.7. The highest BCUT2D eigenvalue weighted by Gasteiger charge is 2.21. The first kappa shape index (κ1) is 14.9. The molecule has 0 aromatic heterocycles. The van der Waals surface area contributed by atoms with Gasteiger partial charge >= 0.3 is 0 Å². The van der Waals surface area contributed by atoms with Crippen LogP contribution in [0.5, 0.6) is 0 Å². The predicted molar refractivity (Wildman–Crippen MR) is 84.3 cm³/mol. The van der Waals surface area contributed by atoms with Gasteiger partial charge in [-0.3, -0.25) is 5.43 Å². The number of hydrazone groups is 1. The molecule has 3 nitrogen and oxygen atoms in total. The molecule has 0 heterocycles. The summed E-state index contributed by atoms with van der Waals surface area (Å²) in [6.07, 6.45) is 6.59. The zero-order valence-corrected chi connectivity index (χ0v) is 12.4. The number of hydrogen-bond acceptors (Lipinski definition) is 2. The highest BCUT2D eigenvalue weighted by molar-refractivity contribution is 7.80. The van der Waals surface area contributed by atoms with Crippen molar-refractivity contribution >= 4 is 23.5 Å². The summed E-state index contributed by atoms with van der Waals surface area (Å²) < 4.78 is 12.7. The van der Waals surface area contributed by atoms with Crippen LogP contribution in [0.15, 0.2) is 29.4 Å². The van der Waals surface area contributed by atoms with E-state index in [9.17, 15) is 4.39 Å². The summed E-state index contributed by atoms with van der Waals surface area (Å²) in [7, 11) is 0. The van der Waals surface area contributed by atoms with Gasteiger partial charge in [0.25, 0.3) is 0 Å². The van der Waals surface area contributed by atoms with Gasteiger partial charge < -0.3 is 5.32 Å². The van der Waals surface area contributed by atoms with E-state index in [0.717, 1.165) is 12.0 Å². The van der Waals surface area contributed by atoms with Crippen LogP contribution in [0.25, 0.3) is 0 Å². The van der Waals surface area contributed by atoms with Crippen molar-refractivity contribution in [2.45, 2.75) is 38.6 Å². The van der Waals surface area contributed by atoms with Gasteiger partial charge in [-0.1, -0.05) is 31.9 Å². The fourth-order valence-electron chi connectivity index (χ4n) is 2.45. The number of nitrogens with one attached hydrogen (secondary N) is 2. The van der Waals surface area contributed by atoms with Crippen LogP contribution >= 0.6 is 12.2 Å². The molecule has 108 valence electrons. The number of rotatable bonds is 3.